The number of piperazine rings is 1. The molecule has 0 aliphatic carbocycles. The molecule has 0 aromatic heterocycles. The van der Waals surface area contributed by atoms with Gasteiger partial charge in [-0.15, -0.1) is 0 Å². The van der Waals surface area contributed by atoms with Crippen LogP contribution in [0, 0.1) is 5.82 Å². The van der Waals surface area contributed by atoms with Crippen LogP contribution in [0.1, 0.15) is 12.5 Å². The van der Waals surface area contributed by atoms with E-state index in [0.717, 1.165) is 32.8 Å². The van der Waals surface area contributed by atoms with E-state index in [4.69, 9.17) is 14.2 Å². The fraction of sp³-hybridized carbons (Fsp3) is 0.483. The molecule has 2 aromatic carbocycles. The third kappa shape index (κ3) is 7.44. The summed E-state index contributed by atoms with van der Waals surface area (Å²) in [5.41, 5.74) is 1.99. The van der Waals surface area contributed by atoms with Crippen molar-refractivity contribution in [3.05, 3.63) is 53.8 Å². The van der Waals surface area contributed by atoms with E-state index in [1.165, 1.54) is 23.5 Å². The van der Waals surface area contributed by atoms with Crippen molar-refractivity contribution in [1.29, 1.82) is 0 Å². The minimum absolute atomic E-state index is 0.0548. The van der Waals surface area contributed by atoms with Gasteiger partial charge in [-0.3, -0.25) is 19.4 Å². The molecule has 1 atom stereocenters. The second-order valence-electron chi connectivity index (χ2n) is 10.4. The van der Waals surface area contributed by atoms with Crippen LogP contribution in [0.3, 0.4) is 0 Å². The van der Waals surface area contributed by atoms with E-state index in [9.17, 15) is 14.4 Å². The molecule has 12 heteroatoms. The van der Waals surface area contributed by atoms with Gasteiger partial charge in [0.05, 0.1) is 37.7 Å². The number of halogens is 1. The molecule has 2 aromatic rings. The molecule has 11 nitrogen and oxygen atoms in total. The van der Waals surface area contributed by atoms with E-state index in [0.29, 0.717) is 43.3 Å². The summed E-state index contributed by atoms with van der Waals surface area (Å²) in [5, 5.41) is 2.62. The first-order chi connectivity index (χ1) is 19.9. The van der Waals surface area contributed by atoms with Crippen LogP contribution in [0.15, 0.2) is 42.5 Å². The average molecular weight is 570 g/mol. The van der Waals surface area contributed by atoms with Crippen molar-refractivity contribution in [2.75, 3.05) is 82.0 Å². The Bertz CT molecular complexity index is 1230. The van der Waals surface area contributed by atoms with Gasteiger partial charge in [-0.2, -0.15) is 0 Å². The average Bonchev–Trinajstić information content (AvgIpc) is 3.36. The van der Waals surface area contributed by atoms with Gasteiger partial charge in [0.1, 0.15) is 17.7 Å². The van der Waals surface area contributed by atoms with Crippen LogP contribution in [0.4, 0.5) is 20.6 Å². The van der Waals surface area contributed by atoms with E-state index in [-0.39, 0.29) is 31.5 Å². The second-order valence-corrected chi connectivity index (χ2v) is 10.4. The van der Waals surface area contributed by atoms with Crippen LogP contribution in [0.5, 0.6) is 5.75 Å². The normalized spacial score (nSPS) is 19.7. The summed E-state index contributed by atoms with van der Waals surface area (Å²) in [6.07, 6.45) is -1.07. The van der Waals surface area contributed by atoms with Gasteiger partial charge in [0.25, 0.3) is 5.91 Å². The topological polar surface area (TPSA) is 104 Å². The lowest BCUT2D eigenvalue weighted by molar-refractivity contribution is -0.133. The molecule has 3 fully saturated rings. The molecule has 3 amide bonds. The van der Waals surface area contributed by atoms with Crippen molar-refractivity contribution in [2.45, 2.75) is 19.6 Å². The monoisotopic (exact) mass is 569 g/mol. The maximum absolute atomic E-state index is 15.1. The molecule has 0 saturated carbocycles. The van der Waals surface area contributed by atoms with E-state index < -0.39 is 18.0 Å². The second kappa shape index (κ2) is 13.2. The smallest absolute Gasteiger partial charge is 0.414 e. The summed E-state index contributed by atoms with van der Waals surface area (Å²) in [6.45, 7) is 7.85. The fourth-order valence-electron chi connectivity index (χ4n) is 5.16. The first-order valence-electron chi connectivity index (χ1n) is 13.9. The number of nitrogens with zero attached hydrogens (tertiary/aromatic N) is 4. The predicted molar refractivity (Wildman–Crippen MR) is 150 cm³/mol. The number of hydrogen-bond acceptors (Lipinski definition) is 8. The van der Waals surface area contributed by atoms with E-state index in [1.807, 2.05) is 29.2 Å². The van der Waals surface area contributed by atoms with Gasteiger partial charge in [0, 0.05) is 52.7 Å². The minimum atomic E-state index is -0.578. The first-order valence-corrected chi connectivity index (χ1v) is 13.9. The molecule has 3 aliphatic rings. The van der Waals surface area contributed by atoms with Gasteiger partial charge >= 0.3 is 6.09 Å². The third-order valence-electron chi connectivity index (χ3n) is 7.46. The Morgan fingerprint density at radius 1 is 1.02 bits per heavy atom. The Balaban J connectivity index is 1.07. The Morgan fingerprint density at radius 2 is 1.76 bits per heavy atom. The van der Waals surface area contributed by atoms with Crippen LogP contribution in [-0.4, -0.2) is 106 Å². The molecule has 0 bridgehead atoms. The van der Waals surface area contributed by atoms with Crippen LogP contribution < -0.4 is 19.9 Å². The van der Waals surface area contributed by atoms with Gasteiger partial charge < -0.3 is 29.3 Å². The number of nitrogens with one attached hydrogen (secondary N) is 1. The summed E-state index contributed by atoms with van der Waals surface area (Å²) >= 11 is 0. The zero-order chi connectivity index (χ0) is 28.8. The zero-order valence-corrected chi connectivity index (χ0v) is 23.2. The molecule has 0 radical (unpaired) electrons. The molecule has 0 spiro atoms. The number of ether oxygens (including phenoxy) is 3. The van der Waals surface area contributed by atoms with Crippen molar-refractivity contribution in [3.8, 4) is 5.75 Å². The molecule has 1 N–H and O–H groups in total. The fourth-order valence-corrected chi connectivity index (χ4v) is 5.16. The summed E-state index contributed by atoms with van der Waals surface area (Å²) in [5.74, 6) is -0.137. The van der Waals surface area contributed by atoms with Gasteiger partial charge in [-0.05, 0) is 35.9 Å². The highest BCUT2D eigenvalue weighted by Gasteiger charge is 2.33. The number of carbonyl (C=O) groups excluding carboxylic acids is 3. The van der Waals surface area contributed by atoms with Gasteiger partial charge in [-0.25, -0.2) is 9.18 Å². The lowest BCUT2D eigenvalue weighted by Crippen LogP contribution is -2.50. The van der Waals surface area contributed by atoms with Crippen molar-refractivity contribution >= 4 is 29.3 Å². The molecule has 220 valence electrons. The number of carbonyl (C=O) groups is 3. The Labute approximate surface area is 238 Å². The van der Waals surface area contributed by atoms with Crippen LogP contribution in [-0.2, 0) is 25.6 Å². The van der Waals surface area contributed by atoms with E-state index in [2.05, 4.69) is 10.2 Å². The number of cyclic esters (lactones) is 1. The van der Waals surface area contributed by atoms with Crippen molar-refractivity contribution in [1.82, 2.24) is 15.1 Å². The number of rotatable bonds is 9. The summed E-state index contributed by atoms with van der Waals surface area (Å²) < 4.78 is 31.5. The number of benzene rings is 2. The maximum atomic E-state index is 15.1. The number of amides is 3. The highest BCUT2D eigenvalue weighted by atomic mass is 19.1. The highest BCUT2D eigenvalue weighted by molar-refractivity contribution is 5.90. The third-order valence-corrected chi connectivity index (χ3v) is 7.46. The summed E-state index contributed by atoms with van der Waals surface area (Å²) in [4.78, 5) is 43.5. The SMILES string of the molecule is CC(=O)NC[C@H]1CN(c2ccc(N3CCN(C(=O)COc4ccc(CN5CCOCC5)cc4)CC3)c(F)c2)C(=O)O1. The van der Waals surface area contributed by atoms with Crippen molar-refractivity contribution in [2.24, 2.45) is 0 Å². The lowest BCUT2D eigenvalue weighted by Gasteiger charge is -2.36. The molecule has 3 heterocycles. The van der Waals surface area contributed by atoms with Crippen molar-refractivity contribution in [3.63, 3.8) is 0 Å². The van der Waals surface area contributed by atoms with Crippen LogP contribution in [0.25, 0.3) is 0 Å². The van der Waals surface area contributed by atoms with Gasteiger partial charge in [-0.1, -0.05) is 12.1 Å². The van der Waals surface area contributed by atoms with Crippen molar-refractivity contribution < 1.29 is 33.0 Å². The van der Waals surface area contributed by atoms with E-state index in [1.54, 1.807) is 17.0 Å². The summed E-state index contributed by atoms with van der Waals surface area (Å²) in [7, 11) is 0. The molecular weight excluding hydrogens is 533 g/mol. The molecular formula is C29H36FN5O6. The zero-order valence-electron chi connectivity index (χ0n) is 23.2. The Kier molecular flexibility index (Phi) is 9.20. The number of anilines is 2. The largest absolute Gasteiger partial charge is 0.484 e. The molecule has 3 aliphatic heterocycles. The van der Waals surface area contributed by atoms with Gasteiger partial charge in [0.15, 0.2) is 6.61 Å². The molecule has 0 unspecified atom stereocenters. The van der Waals surface area contributed by atoms with Crippen LogP contribution in [0.2, 0.25) is 0 Å². The Hall–Kier alpha value is -3.90. The molecule has 3 saturated heterocycles. The molecule has 5 rings (SSSR count). The number of hydrogen-bond donors (Lipinski definition) is 1. The first kappa shape index (κ1) is 28.6. The minimum Gasteiger partial charge on any atom is -0.484 e. The van der Waals surface area contributed by atoms with Crippen LogP contribution >= 0.6 is 0 Å². The number of morpholine rings is 1. The lowest BCUT2D eigenvalue weighted by atomic mass is 10.2. The Morgan fingerprint density at radius 3 is 2.44 bits per heavy atom. The maximum Gasteiger partial charge on any atom is 0.414 e. The summed E-state index contributed by atoms with van der Waals surface area (Å²) in [6, 6.07) is 12.4. The molecule has 41 heavy (non-hydrogen) atoms. The van der Waals surface area contributed by atoms with E-state index >= 15 is 4.39 Å². The standard InChI is InChI=1S/C29H36FN5O6/c1-21(36)31-17-25-19-35(29(38)41-25)23-4-7-27(26(30)16-23)33-8-10-34(11-9-33)28(37)20-40-24-5-2-22(3-6-24)18-32-12-14-39-15-13-32/h2-7,16,25H,8-15,17-20H2,1H3,(H,31,36)/t25-/m0/s1. The highest BCUT2D eigenvalue weighted by Crippen LogP contribution is 2.28. The predicted octanol–water partition coefficient (Wildman–Crippen LogP) is 1.85. The quantitative estimate of drug-likeness (QED) is 0.488. The van der Waals surface area contributed by atoms with Gasteiger partial charge in [0.2, 0.25) is 5.91 Å².